The molecule has 4 saturated carbocycles. The van der Waals surface area contributed by atoms with Gasteiger partial charge in [-0.05, 0) is 78.8 Å². The number of rotatable bonds is 3. The predicted molar refractivity (Wildman–Crippen MR) is 144 cm³/mol. The zero-order chi connectivity index (χ0) is 26.5. The first-order valence-electron chi connectivity index (χ1n) is 14.7. The van der Waals surface area contributed by atoms with Crippen LogP contribution >= 0.6 is 0 Å². The maximum absolute atomic E-state index is 14.4. The lowest BCUT2D eigenvalue weighted by atomic mass is 9.38. The minimum Gasteiger partial charge on any atom is -0.413 e. The van der Waals surface area contributed by atoms with Gasteiger partial charge in [-0.3, -0.25) is 4.79 Å². The van der Waals surface area contributed by atoms with E-state index < -0.39 is 14.1 Å². The molecule has 0 amide bonds. The Hall–Kier alpha value is -0.273. The van der Waals surface area contributed by atoms with Crippen molar-refractivity contribution in [3.63, 3.8) is 0 Å². The smallest absolute Gasteiger partial charge is 0.192 e. The van der Waals surface area contributed by atoms with E-state index in [0.29, 0.717) is 30.8 Å². The van der Waals surface area contributed by atoms with Gasteiger partial charge in [-0.1, -0.05) is 48.5 Å². The lowest BCUT2D eigenvalue weighted by Gasteiger charge is -2.67. The predicted octanol–water partition coefficient (Wildman–Crippen LogP) is 6.20. The third-order valence-corrected chi connectivity index (χ3v) is 17.3. The van der Waals surface area contributed by atoms with Crippen molar-refractivity contribution >= 4 is 14.1 Å². The summed E-state index contributed by atoms with van der Waals surface area (Å²) in [5.74, 6) is 0.141. The van der Waals surface area contributed by atoms with Gasteiger partial charge in [-0.25, -0.2) is 0 Å². The number of carbonyl (C=O) groups excluding carboxylic acids is 1. The van der Waals surface area contributed by atoms with Crippen LogP contribution in [0.2, 0.25) is 18.1 Å². The molecule has 1 heterocycles. The Balaban J connectivity index is 1.49. The Bertz CT molecular complexity index is 886. The van der Waals surface area contributed by atoms with Crippen molar-refractivity contribution in [1.82, 2.24) is 0 Å². The van der Waals surface area contributed by atoms with Crippen LogP contribution in [0.25, 0.3) is 0 Å². The van der Waals surface area contributed by atoms with Gasteiger partial charge in [0.15, 0.2) is 14.1 Å². The fourth-order valence-corrected chi connectivity index (χ4v) is 11.3. The van der Waals surface area contributed by atoms with Crippen LogP contribution in [0.5, 0.6) is 0 Å². The molecule has 1 spiro atoms. The van der Waals surface area contributed by atoms with Crippen molar-refractivity contribution in [1.29, 1.82) is 0 Å². The first-order chi connectivity index (χ1) is 16.6. The molecule has 4 aliphatic carbocycles. The molecular weight excluding hydrogens is 468 g/mol. The van der Waals surface area contributed by atoms with Crippen LogP contribution in [-0.4, -0.2) is 50.9 Å². The summed E-state index contributed by atoms with van der Waals surface area (Å²) in [5.41, 5.74) is -0.302. The number of aliphatic hydroxyl groups is 1. The number of fused-ring (bicyclic) bond motifs is 5. The van der Waals surface area contributed by atoms with Gasteiger partial charge in [0, 0.05) is 23.7 Å². The summed E-state index contributed by atoms with van der Waals surface area (Å²) in [5, 5.41) is 10.9. The van der Waals surface area contributed by atoms with Gasteiger partial charge >= 0.3 is 0 Å². The van der Waals surface area contributed by atoms with Gasteiger partial charge in [0.05, 0.1) is 25.9 Å². The highest BCUT2D eigenvalue weighted by molar-refractivity contribution is 6.74. The van der Waals surface area contributed by atoms with E-state index in [2.05, 4.69) is 61.6 Å². The molecule has 1 saturated heterocycles. The van der Waals surface area contributed by atoms with Crippen molar-refractivity contribution in [3.8, 4) is 0 Å². The van der Waals surface area contributed by atoms with Crippen LogP contribution in [0, 0.1) is 45.8 Å². The molecule has 1 aliphatic heterocycles. The Morgan fingerprint density at radius 2 is 1.56 bits per heavy atom. The second kappa shape index (κ2) is 8.36. The minimum atomic E-state index is -1.91. The lowest BCUT2D eigenvalue weighted by molar-refractivity contribution is -0.306. The van der Waals surface area contributed by atoms with E-state index in [9.17, 15) is 9.90 Å². The van der Waals surface area contributed by atoms with E-state index in [-0.39, 0.29) is 51.7 Å². The van der Waals surface area contributed by atoms with Crippen LogP contribution in [0.4, 0.5) is 0 Å². The molecule has 206 valence electrons. The Morgan fingerprint density at radius 1 is 0.944 bits per heavy atom. The maximum atomic E-state index is 14.4. The SMILES string of the molecule is CC1(C)C2[C@@H](CO)C(=O)[C@H]3[C@@H]4CC[C@H](O[Si](C)(C)C(C)(C)C)[C@@]4(C)CC[C@@H]3[C@@]2(C)CCC12OCCO2. The van der Waals surface area contributed by atoms with Crippen LogP contribution in [0.3, 0.4) is 0 Å². The van der Waals surface area contributed by atoms with E-state index in [1.54, 1.807) is 0 Å². The summed E-state index contributed by atoms with van der Waals surface area (Å²) in [6, 6.07) is 0. The largest absolute Gasteiger partial charge is 0.413 e. The second-order valence-corrected chi connectivity index (χ2v) is 20.3. The molecule has 0 bridgehead atoms. The highest BCUT2D eigenvalue weighted by Gasteiger charge is 2.72. The van der Waals surface area contributed by atoms with Crippen molar-refractivity contribution in [3.05, 3.63) is 0 Å². The number of ether oxygens (including phenoxy) is 2. The van der Waals surface area contributed by atoms with Crippen molar-refractivity contribution in [2.24, 2.45) is 45.8 Å². The Kier molecular flexibility index (Phi) is 6.34. The van der Waals surface area contributed by atoms with Crippen LogP contribution in [-0.2, 0) is 18.7 Å². The molecule has 0 aromatic heterocycles. The minimum absolute atomic E-state index is 0.00423. The Labute approximate surface area is 220 Å². The van der Waals surface area contributed by atoms with Gasteiger partial charge in [0.25, 0.3) is 0 Å². The van der Waals surface area contributed by atoms with Crippen molar-refractivity contribution in [2.45, 2.75) is 117 Å². The highest BCUT2D eigenvalue weighted by Crippen LogP contribution is 2.71. The standard InChI is InChI=1S/C30H52O5Si/c1-26(2,3)36(8,9)35-22-11-10-20-23-21(12-13-28(20,22)6)29(7)14-15-30(33-16-17-34-30)27(4,5)25(29)19(18-31)24(23)32/h19-23,25,31H,10-18H2,1-9H3/t19-,20-,21-,22-,23-,25?,28-,29+/m0/s1. The molecule has 0 aromatic rings. The maximum Gasteiger partial charge on any atom is 0.192 e. The van der Waals surface area contributed by atoms with Crippen LogP contribution < -0.4 is 0 Å². The fourth-order valence-electron chi connectivity index (χ4n) is 9.88. The van der Waals surface area contributed by atoms with E-state index >= 15 is 0 Å². The van der Waals surface area contributed by atoms with Crippen molar-refractivity contribution < 1.29 is 23.8 Å². The summed E-state index contributed by atoms with van der Waals surface area (Å²) < 4.78 is 19.7. The second-order valence-electron chi connectivity index (χ2n) is 15.6. The third kappa shape index (κ3) is 3.49. The first-order valence-corrected chi connectivity index (χ1v) is 17.6. The molecule has 5 nitrogen and oxygen atoms in total. The fraction of sp³-hybridized carbons (Fsp3) is 0.967. The van der Waals surface area contributed by atoms with Crippen LogP contribution in [0.1, 0.15) is 87.0 Å². The monoisotopic (exact) mass is 520 g/mol. The summed E-state index contributed by atoms with van der Waals surface area (Å²) in [4.78, 5) is 14.4. The molecule has 5 fully saturated rings. The molecule has 8 atom stereocenters. The summed E-state index contributed by atoms with van der Waals surface area (Å²) >= 11 is 0. The molecule has 5 aliphatic rings. The molecule has 5 rings (SSSR count). The van der Waals surface area contributed by atoms with Crippen LogP contribution in [0.15, 0.2) is 0 Å². The number of Topliss-reactive ketones (excluding diaryl/α,β-unsaturated/α-hetero) is 1. The average Bonchev–Trinajstić information content (AvgIpc) is 3.38. The molecule has 0 radical (unpaired) electrons. The summed E-state index contributed by atoms with van der Waals surface area (Å²) in [6.07, 6.45) is 6.46. The quantitative estimate of drug-likeness (QED) is 0.449. The summed E-state index contributed by atoms with van der Waals surface area (Å²) in [6.45, 7) is 22.2. The number of carbonyl (C=O) groups is 1. The number of aliphatic hydroxyl groups excluding tert-OH is 1. The van der Waals surface area contributed by atoms with Gasteiger partial charge in [-0.2, -0.15) is 0 Å². The van der Waals surface area contributed by atoms with Gasteiger partial charge in [0.1, 0.15) is 5.78 Å². The first kappa shape index (κ1) is 27.3. The highest BCUT2D eigenvalue weighted by atomic mass is 28.4. The van der Waals surface area contributed by atoms with Crippen molar-refractivity contribution in [2.75, 3.05) is 19.8 Å². The van der Waals surface area contributed by atoms with E-state index in [1.165, 1.54) is 0 Å². The van der Waals surface area contributed by atoms with Gasteiger partial charge in [0.2, 0.25) is 0 Å². The van der Waals surface area contributed by atoms with Gasteiger partial charge < -0.3 is 19.0 Å². The molecular formula is C30H52O5Si. The topological polar surface area (TPSA) is 65.0 Å². The average molecular weight is 521 g/mol. The number of ketones is 1. The van der Waals surface area contributed by atoms with E-state index in [4.69, 9.17) is 13.9 Å². The Morgan fingerprint density at radius 3 is 2.14 bits per heavy atom. The third-order valence-electron chi connectivity index (χ3n) is 12.8. The normalized spacial score (nSPS) is 45.9. The van der Waals surface area contributed by atoms with E-state index in [1.807, 2.05) is 0 Å². The molecule has 1 N–H and O–H groups in total. The molecule has 36 heavy (non-hydrogen) atoms. The number of hydrogen-bond donors (Lipinski definition) is 1. The van der Waals surface area contributed by atoms with Gasteiger partial charge in [-0.15, -0.1) is 0 Å². The number of hydrogen-bond acceptors (Lipinski definition) is 5. The van der Waals surface area contributed by atoms with E-state index in [0.717, 1.165) is 38.5 Å². The molecule has 0 aromatic carbocycles. The molecule has 6 heteroatoms. The zero-order valence-electron chi connectivity index (χ0n) is 24.4. The zero-order valence-corrected chi connectivity index (χ0v) is 25.4. The summed E-state index contributed by atoms with van der Waals surface area (Å²) in [7, 11) is -1.91. The lowest BCUT2D eigenvalue weighted by Crippen LogP contribution is -2.69. The molecule has 1 unspecified atom stereocenters.